The van der Waals surface area contributed by atoms with Crippen molar-refractivity contribution in [1.82, 2.24) is 15.0 Å². The minimum Gasteiger partial charge on any atom is -0.261 e. The van der Waals surface area contributed by atoms with Crippen LogP contribution in [0.5, 0.6) is 0 Å². The molecular weight excluding hydrogens is 288 g/mol. The van der Waals surface area contributed by atoms with Crippen LogP contribution in [0.4, 0.5) is 26.3 Å². The van der Waals surface area contributed by atoms with E-state index in [1.165, 1.54) is 6.20 Å². The molecule has 0 spiro atoms. The van der Waals surface area contributed by atoms with Gasteiger partial charge in [-0.3, -0.25) is 9.97 Å². The van der Waals surface area contributed by atoms with Crippen LogP contribution in [0, 0.1) is 0 Å². The minimum absolute atomic E-state index is 0.0418. The van der Waals surface area contributed by atoms with E-state index in [1.807, 2.05) is 0 Å². The van der Waals surface area contributed by atoms with E-state index in [2.05, 4.69) is 15.0 Å². The molecular formula is C11H5F6N3. The maximum atomic E-state index is 12.6. The second kappa shape index (κ2) is 4.73. The summed E-state index contributed by atoms with van der Waals surface area (Å²) >= 11 is 0. The first kappa shape index (κ1) is 14.2. The van der Waals surface area contributed by atoms with Gasteiger partial charge >= 0.3 is 12.4 Å². The van der Waals surface area contributed by atoms with Crippen LogP contribution < -0.4 is 0 Å². The molecule has 0 bridgehead atoms. The molecule has 2 aromatic heterocycles. The molecule has 0 N–H and O–H groups in total. The van der Waals surface area contributed by atoms with E-state index < -0.39 is 29.3 Å². The topological polar surface area (TPSA) is 38.7 Å². The lowest BCUT2D eigenvalue weighted by Gasteiger charge is -2.12. The van der Waals surface area contributed by atoms with E-state index in [1.54, 1.807) is 0 Å². The van der Waals surface area contributed by atoms with Gasteiger partial charge in [0, 0.05) is 12.4 Å². The molecule has 0 atom stereocenters. The van der Waals surface area contributed by atoms with Gasteiger partial charge in [0.1, 0.15) is 11.4 Å². The summed E-state index contributed by atoms with van der Waals surface area (Å²) in [4.78, 5) is 10.4. The number of hydrogen-bond acceptors (Lipinski definition) is 3. The molecule has 0 saturated heterocycles. The van der Waals surface area contributed by atoms with Crippen molar-refractivity contribution in [1.29, 1.82) is 0 Å². The van der Waals surface area contributed by atoms with Gasteiger partial charge in [0.2, 0.25) is 0 Å². The first-order valence-corrected chi connectivity index (χ1v) is 5.11. The van der Waals surface area contributed by atoms with E-state index in [9.17, 15) is 26.3 Å². The highest BCUT2D eigenvalue weighted by molar-refractivity contribution is 5.54. The van der Waals surface area contributed by atoms with Crippen LogP contribution in [-0.2, 0) is 12.4 Å². The van der Waals surface area contributed by atoms with Gasteiger partial charge in [-0.15, -0.1) is 0 Å². The standard InChI is InChI=1S/C11H5F6N3/c12-10(13,14)6-3-7(8-5-18-1-2-19-8)20-9(4-6)11(15,16)17/h1-5H. The van der Waals surface area contributed by atoms with E-state index in [0.717, 1.165) is 12.4 Å². The minimum atomic E-state index is -4.99. The van der Waals surface area contributed by atoms with Crippen molar-refractivity contribution in [2.45, 2.75) is 12.4 Å². The zero-order valence-corrected chi connectivity index (χ0v) is 9.50. The molecule has 0 amide bonds. The van der Waals surface area contributed by atoms with Crippen molar-refractivity contribution >= 4 is 0 Å². The van der Waals surface area contributed by atoms with Gasteiger partial charge in [-0.25, -0.2) is 4.98 Å². The third-order valence-corrected chi connectivity index (χ3v) is 2.27. The van der Waals surface area contributed by atoms with E-state index in [-0.39, 0.29) is 11.8 Å². The van der Waals surface area contributed by atoms with Crippen LogP contribution in [0.2, 0.25) is 0 Å². The fraction of sp³-hybridized carbons (Fsp3) is 0.182. The van der Waals surface area contributed by atoms with Crippen LogP contribution in [0.15, 0.2) is 30.7 Å². The van der Waals surface area contributed by atoms with Crippen LogP contribution in [-0.4, -0.2) is 15.0 Å². The lowest BCUT2D eigenvalue weighted by atomic mass is 10.1. The zero-order valence-electron chi connectivity index (χ0n) is 9.50. The average molecular weight is 293 g/mol. The molecule has 0 aliphatic rings. The third-order valence-electron chi connectivity index (χ3n) is 2.27. The molecule has 106 valence electrons. The summed E-state index contributed by atoms with van der Waals surface area (Å²) in [7, 11) is 0. The molecule has 0 saturated carbocycles. The van der Waals surface area contributed by atoms with Gasteiger partial charge in [-0.1, -0.05) is 0 Å². The van der Waals surface area contributed by atoms with E-state index in [4.69, 9.17) is 0 Å². The summed E-state index contributed by atoms with van der Waals surface area (Å²) in [5.74, 6) is 0. The van der Waals surface area contributed by atoms with Crippen molar-refractivity contribution in [3.63, 3.8) is 0 Å². The highest BCUT2D eigenvalue weighted by Gasteiger charge is 2.38. The largest absolute Gasteiger partial charge is 0.433 e. The van der Waals surface area contributed by atoms with Crippen LogP contribution in [0.1, 0.15) is 11.3 Å². The fourth-order valence-electron chi connectivity index (χ4n) is 1.40. The van der Waals surface area contributed by atoms with Crippen molar-refractivity contribution in [3.8, 4) is 11.4 Å². The maximum absolute atomic E-state index is 12.6. The monoisotopic (exact) mass is 293 g/mol. The second-order valence-electron chi connectivity index (χ2n) is 3.71. The Bertz CT molecular complexity index is 574. The Kier molecular flexibility index (Phi) is 3.36. The Morgan fingerprint density at radius 1 is 0.800 bits per heavy atom. The number of alkyl halides is 6. The van der Waals surface area contributed by atoms with Crippen LogP contribution >= 0.6 is 0 Å². The smallest absolute Gasteiger partial charge is 0.261 e. The Hall–Kier alpha value is -2.19. The van der Waals surface area contributed by atoms with Gasteiger partial charge < -0.3 is 0 Å². The molecule has 0 fully saturated rings. The first-order chi connectivity index (χ1) is 9.18. The summed E-state index contributed by atoms with van der Waals surface area (Å²) in [5.41, 5.74) is -3.79. The SMILES string of the molecule is FC(F)(F)c1cc(-c2cnccn2)nc(C(F)(F)F)c1. The summed E-state index contributed by atoms with van der Waals surface area (Å²) in [6, 6.07) is 0.457. The van der Waals surface area contributed by atoms with Gasteiger partial charge in [0.25, 0.3) is 0 Å². The first-order valence-electron chi connectivity index (χ1n) is 5.11. The molecule has 9 heteroatoms. The predicted octanol–water partition coefficient (Wildman–Crippen LogP) is 3.58. The maximum Gasteiger partial charge on any atom is 0.433 e. The van der Waals surface area contributed by atoms with Crippen molar-refractivity contribution in [2.75, 3.05) is 0 Å². The molecule has 0 aliphatic carbocycles. The fourth-order valence-corrected chi connectivity index (χ4v) is 1.40. The summed E-state index contributed by atoms with van der Waals surface area (Å²) in [6.45, 7) is 0. The molecule has 0 unspecified atom stereocenters. The number of hydrogen-bond donors (Lipinski definition) is 0. The summed E-state index contributed by atoms with van der Waals surface area (Å²) in [5, 5.41) is 0. The molecule has 2 rings (SSSR count). The van der Waals surface area contributed by atoms with Crippen LogP contribution in [0.3, 0.4) is 0 Å². The lowest BCUT2D eigenvalue weighted by molar-refractivity contribution is -0.145. The van der Waals surface area contributed by atoms with Gasteiger partial charge in [0.05, 0.1) is 17.5 Å². The molecule has 0 radical (unpaired) electrons. The zero-order chi connectivity index (χ0) is 15.0. The lowest BCUT2D eigenvalue weighted by Crippen LogP contribution is -2.13. The van der Waals surface area contributed by atoms with Gasteiger partial charge in [0.15, 0.2) is 0 Å². The number of pyridine rings is 1. The van der Waals surface area contributed by atoms with Crippen molar-refractivity contribution in [2.24, 2.45) is 0 Å². The number of rotatable bonds is 1. The summed E-state index contributed by atoms with van der Waals surface area (Å²) in [6.07, 6.45) is -6.49. The number of nitrogens with zero attached hydrogens (tertiary/aromatic N) is 3. The van der Waals surface area contributed by atoms with E-state index >= 15 is 0 Å². The Labute approximate surface area is 108 Å². The van der Waals surface area contributed by atoms with Gasteiger partial charge in [-0.2, -0.15) is 26.3 Å². The van der Waals surface area contributed by atoms with Gasteiger partial charge in [-0.05, 0) is 12.1 Å². The third kappa shape index (κ3) is 3.03. The van der Waals surface area contributed by atoms with E-state index in [0.29, 0.717) is 6.07 Å². The molecule has 3 nitrogen and oxygen atoms in total. The Morgan fingerprint density at radius 3 is 2.00 bits per heavy atom. The van der Waals surface area contributed by atoms with Crippen molar-refractivity contribution < 1.29 is 26.3 Å². The molecule has 0 aromatic carbocycles. The Balaban J connectivity index is 2.64. The Morgan fingerprint density at radius 2 is 1.50 bits per heavy atom. The highest BCUT2D eigenvalue weighted by atomic mass is 19.4. The van der Waals surface area contributed by atoms with Crippen molar-refractivity contribution in [3.05, 3.63) is 42.0 Å². The molecule has 20 heavy (non-hydrogen) atoms. The average Bonchev–Trinajstić information content (AvgIpc) is 2.37. The molecule has 0 aliphatic heterocycles. The number of halogens is 6. The quantitative estimate of drug-likeness (QED) is 0.754. The predicted molar refractivity (Wildman–Crippen MR) is 55.3 cm³/mol. The molecule has 2 aromatic rings. The van der Waals surface area contributed by atoms with Crippen LogP contribution in [0.25, 0.3) is 11.4 Å². The normalized spacial score (nSPS) is 12.5. The molecule has 2 heterocycles. The second-order valence-corrected chi connectivity index (χ2v) is 3.71. The number of aromatic nitrogens is 3. The highest BCUT2D eigenvalue weighted by Crippen LogP contribution is 2.36. The summed E-state index contributed by atoms with van der Waals surface area (Å²) < 4.78 is 75.6.